The molecule has 0 atom stereocenters. The maximum absolute atomic E-state index is 12.5. The minimum absolute atomic E-state index is 0.309. The van der Waals surface area contributed by atoms with E-state index < -0.39 is 5.41 Å². The molecule has 0 unspecified atom stereocenters. The molecule has 2 heterocycles. The summed E-state index contributed by atoms with van der Waals surface area (Å²) in [6.45, 7) is 6.34. The van der Waals surface area contributed by atoms with Crippen LogP contribution in [0, 0.1) is 20.8 Å². The van der Waals surface area contributed by atoms with Gasteiger partial charge in [0, 0.05) is 5.69 Å². The molecule has 0 radical (unpaired) electrons. The molecule has 192 valence electrons. The zero-order chi connectivity index (χ0) is 27.2. The first kappa shape index (κ1) is 23.0. The van der Waals surface area contributed by atoms with E-state index in [2.05, 4.69) is 110 Å². The van der Waals surface area contributed by atoms with Crippen molar-refractivity contribution in [3.63, 3.8) is 0 Å². The van der Waals surface area contributed by atoms with Gasteiger partial charge in [-0.1, -0.05) is 83.9 Å². The second-order valence-electron chi connectivity index (χ2n) is 11.2. The van der Waals surface area contributed by atoms with Crippen molar-refractivity contribution in [1.82, 2.24) is 0 Å². The summed E-state index contributed by atoms with van der Waals surface area (Å²) in [7, 11) is 0. The Kier molecular flexibility index (Phi) is 4.64. The van der Waals surface area contributed by atoms with Gasteiger partial charge in [-0.15, -0.1) is 0 Å². The highest BCUT2D eigenvalue weighted by atomic mass is 16.4. The molecule has 1 aliphatic carbocycles. The van der Waals surface area contributed by atoms with Crippen molar-refractivity contribution in [3.05, 3.63) is 159 Å². The lowest BCUT2D eigenvalue weighted by Crippen LogP contribution is -2.36. The van der Waals surface area contributed by atoms with Crippen molar-refractivity contribution in [1.29, 1.82) is 0 Å². The van der Waals surface area contributed by atoms with Crippen molar-refractivity contribution >= 4 is 27.8 Å². The van der Waals surface area contributed by atoms with Crippen LogP contribution in [-0.4, -0.2) is 0 Å². The third kappa shape index (κ3) is 2.87. The number of anilines is 3. The van der Waals surface area contributed by atoms with Crippen LogP contribution in [0.2, 0.25) is 0 Å². The topological polar surface area (TPSA) is 33.5 Å². The maximum Gasteiger partial charge on any atom is 0.343 e. The van der Waals surface area contributed by atoms with E-state index in [1.807, 2.05) is 19.1 Å². The molecule has 40 heavy (non-hydrogen) atoms. The predicted octanol–water partition coefficient (Wildman–Crippen LogP) is 8.86. The highest BCUT2D eigenvalue weighted by molar-refractivity contribution is 5.97. The van der Waals surface area contributed by atoms with Crippen LogP contribution in [0.25, 0.3) is 21.9 Å². The molecule has 3 heteroatoms. The fourth-order valence-corrected chi connectivity index (χ4v) is 7.10. The van der Waals surface area contributed by atoms with Crippen LogP contribution < -0.4 is 10.5 Å². The lowest BCUT2D eigenvalue weighted by Gasteiger charge is -2.45. The number of nitrogens with zero attached hydrogens (tertiary/aromatic N) is 1. The van der Waals surface area contributed by atoms with E-state index >= 15 is 0 Å². The van der Waals surface area contributed by atoms with Crippen LogP contribution in [0.3, 0.4) is 0 Å². The maximum atomic E-state index is 12.5. The summed E-state index contributed by atoms with van der Waals surface area (Å²) in [5.74, 6) is 0. The minimum Gasteiger partial charge on any atom is -0.431 e. The standard InChI is InChI=1S/C37H27NO2/c1-22-12-16-34-32(18-22)37(30-10-6-4-8-26(30)27-9-5-7-11-31(27)37)33-19-23(2)13-17-35(33)38(34)25-14-15-28-29(20-25)24(3)21-40-36(28)39/h4-21H,1-3H3. The Bertz CT molecular complexity index is 1980. The second-order valence-corrected chi connectivity index (χ2v) is 11.2. The Hall–Kier alpha value is -4.89. The van der Waals surface area contributed by atoms with Gasteiger partial charge in [-0.3, -0.25) is 0 Å². The monoisotopic (exact) mass is 517 g/mol. The Morgan fingerprint density at radius 2 is 1.18 bits per heavy atom. The number of hydrogen-bond donors (Lipinski definition) is 0. The van der Waals surface area contributed by atoms with Crippen molar-refractivity contribution < 1.29 is 4.42 Å². The molecular weight excluding hydrogens is 490 g/mol. The van der Waals surface area contributed by atoms with Gasteiger partial charge in [0.05, 0.1) is 28.4 Å². The largest absolute Gasteiger partial charge is 0.431 e. The van der Waals surface area contributed by atoms with Crippen LogP contribution in [-0.2, 0) is 5.41 Å². The molecule has 5 aromatic carbocycles. The quantitative estimate of drug-likeness (QED) is 0.218. The van der Waals surface area contributed by atoms with E-state index in [-0.39, 0.29) is 5.63 Å². The Balaban J connectivity index is 1.53. The summed E-state index contributed by atoms with van der Waals surface area (Å²) in [6.07, 6.45) is 1.56. The van der Waals surface area contributed by atoms with Gasteiger partial charge in [-0.05, 0) is 95.4 Å². The number of benzene rings is 5. The molecule has 0 saturated carbocycles. The molecule has 0 N–H and O–H groups in total. The van der Waals surface area contributed by atoms with Crippen LogP contribution in [0.1, 0.15) is 38.9 Å². The molecule has 0 fully saturated rings. The molecule has 6 aromatic rings. The fourth-order valence-electron chi connectivity index (χ4n) is 7.10. The van der Waals surface area contributed by atoms with Crippen LogP contribution in [0.4, 0.5) is 17.1 Å². The zero-order valence-corrected chi connectivity index (χ0v) is 22.7. The summed E-state index contributed by atoms with van der Waals surface area (Å²) in [5, 5.41) is 1.51. The van der Waals surface area contributed by atoms with E-state index in [1.165, 1.54) is 44.5 Å². The second kappa shape index (κ2) is 8.06. The Morgan fingerprint density at radius 1 is 0.600 bits per heavy atom. The number of rotatable bonds is 1. The van der Waals surface area contributed by atoms with Gasteiger partial charge in [0.25, 0.3) is 0 Å². The average molecular weight is 518 g/mol. The van der Waals surface area contributed by atoms with E-state index in [4.69, 9.17) is 4.42 Å². The van der Waals surface area contributed by atoms with Crippen LogP contribution >= 0.6 is 0 Å². The predicted molar refractivity (Wildman–Crippen MR) is 162 cm³/mol. The first-order chi connectivity index (χ1) is 19.5. The molecule has 1 aliphatic heterocycles. The minimum atomic E-state index is -0.444. The first-order valence-corrected chi connectivity index (χ1v) is 13.7. The van der Waals surface area contributed by atoms with E-state index in [9.17, 15) is 4.79 Å². The van der Waals surface area contributed by atoms with Crippen molar-refractivity contribution in [3.8, 4) is 11.1 Å². The SMILES string of the molecule is Cc1ccc2c(c1)C1(c3ccccc3-c3ccccc31)c1cc(C)ccc1N2c1ccc2c(=O)occ(C)c2c1. The molecule has 1 aromatic heterocycles. The van der Waals surface area contributed by atoms with Gasteiger partial charge >= 0.3 is 5.63 Å². The third-order valence-corrected chi connectivity index (χ3v) is 8.80. The zero-order valence-electron chi connectivity index (χ0n) is 22.7. The van der Waals surface area contributed by atoms with Gasteiger partial charge in [0.15, 0.2) is 0 Å². The van der Waals surface area contributed by atoms with Gasteiger partial charge in [-0.25, -0.2) is 4.79 Å². The average Bonchev–Trinajstić information content (AvgIpc) is 3.27. The normalized spacial score (nSPS) is 14.1. The number of aryl methyl sites for hydroxylation is 3. The van der Waals surface area contributed by atoms with Crippen LogP contribution in [0.5, 0.6) is 0 Å². The highest BCUT2D eigenvalue weighted by Crippen LogP contribution is 2.63. The lowest BCUT2D eigenvalue weighted by molar-refractivity contribution is 0.516. The van der Waals surface area contributed by atoms with E-state index in [1.54, 1.807) is 6.26 Å². The molecule has 3 nitrogen and oxygen atoms in total. The van der Waals surface area contributed by atoms with E-state index in [0.717, 1.165) is 28.0 Å². The molecule has 2 aliphatic rings. The van der Waals surface area contributed by atoms with Crippen molar-refractivity contribution in [2.75, 3.05) is 4.90 Å². The molecule has 1 spiro atoms. The summed E-state index contributed by atoms with van der Waals surface area (Å²) in [4.78, 5) is 14.9. The highest BCUT2D eigenvalue weighted by Gasteiger charge is 2.51. The third-order valence-electron chi connectivity index (χ3n) is 8.80. The van der Waals surface area contributed by atoms with E-state index in [0.29, 0.717) is 5.39 Å². The summed E-state index contributed by atoms with van der Waals surface area (Å²) in [6, 6.07) is 37.5. The Morgan fingerprint density at radius 3 is 1.77 bits per heavy atom. The summed E-state index contributed by atoms with van der Waals surface area (Å²) in [5.41, 5.74) is 13.7. The van der Waals surface area contributed by atoms with Gasteiger partial charge in [0.2, 0.25) is 0 Å². The lowest BCUT2D eigenvalue weighted by atomic mass is 9.64. The van der Waals surface area contributed by atoms with Crippen molar-refractivity contribution in [2.24, 2.45) is 0 Å². The molecule has 0 saturated heterocycles. The summed E-state index contributed by atoms with van der Waals surface area (Å²) >= 11 is 0. The number of hydrogen-bond acceptors (Lipinski definition) is 3. The molecule has 0 bridgehead atoms. The molecular formula is C37H27NO2. The van der Waals surface area contributed by atoms with Crippen molar-refractivity contribution in [2.45, 2.75) is 26.2 Å². The smallest absolute Gasteiger partial charge is 0.343 e. The first-order valence-electron chi connectivity index (χ1n) is 13.7. The number of fused-ring (bicyclic) bond motifs is 10. The van der Waals surface area contributed by atoms with Gasteiger partial charge in [0.1, 0.15) is 0 Å². The Labute approximate surface area is 233 Å². The van der Waals surface area contributed by atoms with Gasteiger partial charge < -0.3 is 9.32 Å². The summed E-state index contributed by atoms with van der Waals surface area (Å²) < 4.78 is 5.26. The fraction of sp³-hybridized carbons (Fsp3) is 0.108. The van der Waals surface area contributed by atoms with Gasteiger partial charge in [-0.2, -0.15) is 0 Å². The molecule has 8 rings (SSSR count). The molecule has 0 amide bonds. The van der Waals surface area contributed by atoms with Crippen LogP contribution in [0.15, 0.2) is 119 Å².